The molecule has 0 atom stereocenters. The minimum absolute atomic E-state index is 0.212. The Hall–Kier alpha value is -3.75. The number of rotatable bonds is 8. The Labute approximate surface area is 231 Å². The first-order valence-electron chi connectivity index (χ1n) is 11.5. The second-order valence-corrected chi connectivity index (χ2v) is 14.0. The van der Waals surface area contributed by atoms with Gasteiger partial charge >= 0.3 is 0 Å². The van der Waals surface area contributed by atoms with Crippen molar-refractivity contribution in [2.75, 3.05) is 0 Å². The highest BCUT2D eigenvalue weighted by Crippen LogP contribution is 2.36. The highest BCUT2D eigenvalue weighted by Gasteiger charge is 2.27. The van der Waals surface area contributed by atoms with Gasteiger partial charge in [0.1, 0.15) is 27.0 Å². The van der Waals surface area contributed by atoms with Crippen LogP contribution in [0.25, 0.3) is 0 Å². The maximum absolute atomic E-state index is 13.1. The molecular formula is C27H24O10S3. The first-order chi connectivity index (χ1) is 18.5. The molecule has 3 N–H and O–H groups in total. The first kappa shape index (κ1) is 29.2. The fourth-order valence-electron chi connectivity index (χ4n) is 4.03. The zero-order chi connectivity index (χ0) is 29.5. The van der Waals surface area contributed by atoms with Crippen LogP contribution in [-0.2, 0) is 35.5 Å². The van der Waals surface area contributed by atoms with Crippen LogP contribution < -0.4 is 4.74 Å². The van der Waals surface area contributed by atoms with Gasteiger partial charge in [-0.05, 0) is 59.7 Å². The average molecular weight is 605 g/mol. The number of hydrogen-bond acceptors (Lipinski definition) is 8. The lowest BCUT2D eigenvalue weighted by Crippen LogP contribution is -2.18. The standard InChI is InChI=1S/C27H24O10S3/c1-27(2,18-6-4-3-5-7-18)19-8-10-20(11-9-19)37-24-15-13-22(17-26(24)40(34,35)36)38(29,30)21-12-14-23(28)25(16-21)39(31,32)33/h3-17,28H,1-2H3,(H,31,32,33)(H,34,35,36). The minimum atomic E-state index is -4.99. The Morgan fingerprint density at radius 1 is 0.625 bits per heavy atom. The van der Waals surface area contributed by atoms with E-state index in [9.17, 15) is 39.5 Å². The molecule has 13 heteroatoms. The molecule has 0 amide bonds. The summed E-state index contributed by atoms with van der Waals surface area (Å²) in [5.74, 6) is -1.03. The van der Waals surface area contributed by atoms with Gasteiger partial charge in [-0.2, -0.15) is 16.8 Å². The van der Waals surface area contributed by atoms with Crippen molar-refractivity contribution in [2.45, 2.75) is 38.8 Å². The Balaban J connectivity index is 1.70. The van der Waals surface area contributed by atoms with Gasteiger partial charge in [-0.25, -0.2) is 8.42 Å². The highest BCUT2D eigenvalue weighted by atomic mass is 32.2. The lowest BCUT2D eigenvalue weighted by atomic mass is 9.78. The van der Waals surface area contributed by atoms with Gasteiger partial charge in [-0.3, -0.25) is 9.11 Å². The summed E-state index contributed by atoms with van der Waals surface area (Å²) >= 11 is 0. The Morgan fingerprint density at radius 3 is 1.68 bits per heavy atom. The summed E-state index contributed by atoms with van der Waals surface area (Å²) in [5.41, 5.74) is 1.67. The molecule has 4 aromatic carbocycles. The van der Waals surface area contributed by atoms with Crippen molar-refractivity contribution in [1.82, 2.24) is 0 Å². The molecule has 40 heavy (non-hydrogen) atoms. The van der Waals surface area contributed by atoms with Crippen LogP contribution in [0.5, 0.6) is 17.2 Å². The smallest absolute Gasteiger partial charge is 0.298 e. The van der Waals surface area contributed by atoms with Crippen molar-refractivity contribution in [2.24, 2.45) is 0 Å². The van der Waals surface area contributed by atoms with Crippen LogP contribution in [0.4, 0.5) is 0 Å². The van der Waals surface area contributed by atoms with Crippen LogP contribution in [0, 0.1) is 0 Å². The summed E-state index contributed by atoms with van der Waals surface area (Å²) in [7, 11) is -14.5. The first-order valence-corrected chi connectivity index (χ1v) is 15.9. The molecule has 0 aliphatic carbocycles. The Morgan fingerprint density at radius 2 is 1.12 bits per heavy atom. The van der Waals surface area contributed by atoms with E-state index in [1.807, 2.05) is 44.2 Å². The maximum Gasteiger partial charge on any atom is 0.298 e. The minimum Gasteiger partial charge on any atom is -0.506 e. The molecule has 0 radical (unpaired) electrons. The van der Waals surface area contributed by atoms with E-state index in [1.165, 1.54) is 0 Å². The molecular weight excluding hydrogens is 580 g/mol. The molecule has 4 aromatic rings. The van der Waals surface area contributed by atoms with Gasteiger partial charge in [-0.1, -0.05) is 56.3 Å². The molecule has 0 unspecified atom stereocenters. The SMILES string of the molecule is CC(C)(c1ccccc1)c1ccc(Oc2ccc(S(=O)(=O)c3ccc(O)c(S(=O)(=O)O)c3)cc2S(=O)(=O)O)cc1. The van der Waals surface area contributed by atoms with E-state index in [-0.39, 0.29) is 16.9 Å². The second kappa shape index (κ2) is 10.3. The fourth-order valence-corrected chi connectivity index (χ4v) is 6.74. The maximum atomic E-state index is 13.1. The zero-order valence-electron chi connectivity index (χ0n) is 21.1. The molecule has 0 aromatic heterocycles. The molecule has 0 bridgehead atoms. The van der Waals surface area contributed by atoms with E-state index < -0.39 is 55.4 Å². The average Bonchev–Trinajstić information content (AvgIpc) is 2.88. The van der Waals surface area contributed by atoms with Crippen molar-refractivity contribution < 1.29 is 44.2 Å². The van der Waals surface area contributed by atoms with Gasteiger partial charge in [0.2, 0.25) is 9.84 Å². The molecule has 0 aliphatic heterocycles. The van der Waals surface area contributed by atoms with E-state index in [0.29, 0.717) is 12.1 Å². The van der Waals surface area contributed by atoms with Gasteiger partial charge in [0, 0.05) is 5.41 Å². The van der Waals surface area contributed by atoms with E-state index >= 15 is 0 Å². The molecule has 0 aliphatic rings. The van der Waals surface area contributed by atoms with Crippen molar-refractivity contribution in [3.05, 3.63) is 102 Å². The van der Waals surface area contributed by atoms with Gasteiger partial charge < -0.3 is 9.84 Å². The third-order valence-corrected chi connectivity index (χ3v) is 9.83. The van der Waals surface area contributed by atoms with Crippen LogP contribution in [0.3, 0.4) is 0 Å². The topological polar surface area (TPSA) is 172 Å². The normalized spacial score (nSPS) is 12.7. The fraction of sp³-hybridized carbons (Fsp3) is 0.111. The lowest BCUT2D eigenvalue weighted by molar-refractivity contribution is 0.442. The van der Waals surface area contributed by atoms with Crippen molar-refractivity contribution in [3.63, 3.8) is 0 Å². The number of phenols is 1. The lowest BCUT2D eigenvalue weighted by Gasteiger charge is -2.26. The van der Waals surface area contributed by atoms with Crippen LogP contribution in [0.1, 0.15) is 25.0 Å². The van der Waals surface area contributed by atoms with Crippen LogP contribution in [-0.4, -0.2) is 39.5 Å². The summed E-state index contributed by atoms with van der Waals surface area (Å²) in [5, 5.41) is 9.69. The van der Waals surface area contributed by atoms with E-state index in [2.05, 4.69) is 0 Å². The third-order valence-electron chi connectivity index (χ3n) is 6.32. The number of hydrogen-bond donors (Lipinski definition) is 3. The van der Waals surface area contributed by atoms with E-state index in [0.717, 1.165) is 35.4 Å². The van der Waals surface area contributed by atoms with Crippen LogP contribution in [0.2, 0.25) is 0 Å². The third kappa shape index (κ3) is 5.88. The molecule has 4 rings (SSSR count). The van der Waals surface area contributed by atoms with Crippen molar-refractivity contribution in [3.8, 4) is 17.2 Å². The molecule has 10 nitrogen and oxygen atoms in total. The summed E-state index contributed by atoms with van der Waals surface area (Å²) in [6, 6.07) is 21.4. The molecule has 0 heterocycles. The van der Waals surface area contributed by atoms with Gasteiger partial charge in [0.05, 0.1) is 9.79 Å². The van der Waals surface area contributed by atoms with Crippen molar-refractivity contribution in [1.29, 1.82) is 0 Å². The van der Waals surface area contributed by atoms with Gasteiger partial charge in [-0.15, -0.1) is 0 Å². The molecule has 0 spiro atoms. The highest BCUT2D eigenvalue weighted by molar-refractivity contribution is 7.91. The summed E-state index contributed by atoms with van der Waals surface area (Å²) < 4.78 is 98.4. The molecule has 0 saturated carbocycles. The van der Waals surface area contributed by atoms with Gasteiger partial charge in [0.25, 0.3) is 20.2 Å². The second-order valence-electron chi connectivity index (χ2n) is 9.31. The molecule has 210 valence electrons. The summed E-state index contributed by atoms with van der Waals surface area (Å²) in [6.07, 6.45) is 0. The largest absolute Gasteiger partial charge is 0.506 e. The van der Waals surface area contributed by atoms with Crippen molar-refractivity contribution >= 4 is 30.1 Å². The number of sulfone groups is 1. The van der Waals surface area contributed by atoms with Gasteiger partial charge in [0.15, 0.2) is 0 Å². The predicted octanol–water partition coefficient (Wildman–Crippen LogP) is 4.84. The summed E-state index contributed by atoms with van der Waals surface area (Å²) in [6.45, 7) is 4.08. The number of phenolic OH excluding ortho intramolecular Hbond substituents is 1. The van der Waals surface area contributed by atoms with Crippen LogP contribution in [0.15, 0.2) is 111 Å². The summed E-state index contributed by atoms with van der Waals surface area (Å²) in [4.78, 5) is -3.19. The van der Waals surface area contributed by atoms with E-state index in [1.54, 1.807) is 24.3 Å². The molecule has 0 saturated heterocycles. The number of benzene rings is 4. The number of aromatic hydroxyl groups is 1. The molecule has 0 fully saturated rings. The Kier molecular flexibility index (Phi) is 7.56. The zero-order valence-corrected chi connectivity index (χ0v) is 23.5. The van der Waals surface area contributed by atoms with E-state index in [4.69, 9.17) is 4.74 Å². The predicted molar refractivity (Wildman–Crippen MR) is 145 cm³/mol. The number of ether oxygens (including phenoxy) is 1. The Bertz CT molecular complexity index is 1900. The quantitative estimate of drug-likeness (QED) is 0.236. The monoisotopic (exact) mass is 604 g/mol. The van der Waals surface area contributed by atoms with Crippen LogP contribution >= 0.6 is 0 Å².